The van der Waals surface area contributed by atoms with Gasteiger partial charge in [0.25, 0.3) is 5.69 Å². The van der Waals surface area contributed by atoms with Gasteiger partial charge in [-0.2, -0.15) is 0 Å². The van der Waals surface area contributed by atoms with Crippen LogP contribution in [0.25, 0.3) is 0 Å². The zero-order chi connectivity index (χ0) is 14.0. The van der Waals surface area contributed by atoms with E-state index in [1.807, 2.05) is 0 Å². The van der Waals surface area contributed by atoms with E-state index in [9.17, 15) is 14.9 Å². The quantitative estimate of drug-likeness (QED) is 0.670. The summed E-state index contributed by atoms with van der Waals surface area (Å²) in [7, 11) is 1.76. The summed E-state index contributed by atoms with van der Waals surface area (Å²) in [5, 5.41) is 13.4. The van der Waals surface area contributed by atoms with Gasteiger partial charge in [-0.25, -0.2) is 4.79 Å². The Hall–Kier alpha value is -2.11. The molecule has 1 aromatic rings. The number of anilines is 1. The Morgan fingerprint density at radius 1 is 1.53 bits per heavy atom. The molecule has 6 heteroatoms. The number of benzene rings is 1. The molecule has 1 aliphatic rings. The number of amides is 2. The van der Waals surface area contributed by atoms with Crippen molar-refractivity contribution in [1.82, 2.24) is 4.90 Å². The van der Waals surface area contributed by atoms with E-state index >= 15 is 0 Å². The molecule has 1 aromatic carbocycles. The van der Waals surface area contributed by atoms with Crippen LogP contribution in [0.2, 0.25) is 0 Å². The average molecular weight is 263 g/mol. The van der Waals surface area contributed by atoms with Crippen molar-refractivity contribution in [3.05, 3.63) is 33.9 Å². The maximum Gasteiger partial charge on any atom is 0.321 e. The van der Waals surface area contributed by atoms with Gasteiger partial charge in [-0.05, 0) is 37.8 Å². The summed E-state index contributed by atoms with van der Waals surface area (Å²) >= 11 is 0. The molecule has 0 radical (unpaired) electrons. The highest BCUT2D eigenvalue weighted by Crippen LogP contribution is 2.29. The lowest BCUT2D eigenvalue weighted by atomic mass is 10.2. The lowest BCUT2D eigenvalue weighted by molar-refractivity contribution is -0.385. The Bertz CT molecular complexity index is 512. The first kappa shape index (κ1) is 13.3. The van der Waals surface area contributed by atoms with Crippen LogP contribution in [0, 0.1) is 23.0 Å². The fraction of sp³-hybridized carbons (Fsp3) is 0.462. The van der Waals surface area contributed by atoms with Crippen molar-refractivity contribution >= 4 is 17.4 Å². The first-order chi connectivity index (χ1) is 8.97. The summed E-state index contributed by atoms with van der Waals surface area (Å²) in [6.45, 7) is 2.42. The highest BCUT2D eigenvalue weighted by atomic mass is 16.6. The van der Waals surface area contributed by atoms with Crippen molar-refractivity contribution in [3.63, 3.8) is 0 Å². The van der Waals surface area contributed by atoms with E-state index in [2.05, 4.69) is 5.32 Å². The molecule has 2 amide bonds. The molecule has 1 fully saturated rings. The monoisotopic (exact) mass is 263 g/mol. The minimum atomic E-state index is -0.430. The molecule has 1 N–H and O–H groups in total. The zero-order valence-corrected chi connectivity index (χ0v) is 11.0. The normalized spacial score (nSPS) is 14.0. The molecule has 6 nitrogen and oxygen atoms in total. The molecule has 19 heavy (non-hydrogen) atoms. The van der Waals surface area contributed by atoms with Crippen LogP contribution in [0.4, 0.5) is 16.2 Å². The van der Waals surface area contributed by atoms with Gasteiger partial charge in [0.15, 0.2) is 0 Å². The van der Waals surface area contributed by atoms with Crippen molar-refractivity contribution in [3.8, 4) is 0 Å². The number of nitrogens with one attached hydrogen (secondary N) is 1. The summed E-state index contributed by atoms with van der Waals surface area (Å²) in [5.41, 5.74) is 1.17. The van der Waals surface area contributed by atoms with Gasteiger partial charge in [-0.1, -0.05) is 0 Å². The number of urea groups is 1. The second kappa shape index (κ2) is 5.26. The fourth-order valence-corrected chi connectivity index (χ4v) is 1.93. The Labute approximate surface area is 111 Å². The van der Waals surface area contributed by atoms with Crippen LogP contribution in [0.5, 0.6) is 0 Å². The smallest absolute Gasteiger partial charge is 0.321 e. The number of nitrogens with zero attached hydrogens (tertiary/aromatic N) is 2. The van der Waals surface area contributed by atoms with Gasteiger partial charge in [-0.3, -0.25) is 10.1 Å². The molecule has 0 unspecified atom stereocenters. The summed E-state index contributed by atoms with van der Waals surface area (Å²) in [4.78, 5) is 23.8. The number of carbonyl (C=O) groups is 1. The minimum absolute atomic E-state index is 0.0596. The van der Waals surface area contributed by atoms with Gasteiger partial charge in [0.1, 0.15) is 0 Å². The molecule has 0 bridgehead atoms. The van der Waals surface area contributed by atoms with Crippen molar-refractivity contribution in [2.75, 3.05) is 18.9 Å². The van der Waals surface area contributed by atoms with Gasteiger partial charge < -0.3 is 10.2 Å². The number of nitro benzene ring substituents is 1. The highest BCUT2D eigenvalue weighted by Gasteiger charge is 2.24. The number of aryl methyl sites for hydroxylation is 1. The summed E-state index contributed by atoms with van der Waals surface area (Å²) in [6, 6.07) is 4.39. The maximum absolute atomic E-state index is 11.9. The summed E-state index contributed by atoms with van der Waals surface area (Å²) < 4.78 is 0. The first-order valence-electron chi connectivity index (χ1n) is 6.24. The third kappa shape index (κ3) is 3.43. The molecule has 0 heterocycles. The molecule has 0 spiro atoms. The minimum Gasteiger partial charge on any atom is -0.327 e. The standard InChI is InChI=1S/C13H17N3O3/c1-9-7-11(5-6-12(9)16(18)19)14-13(17)15(2)8-10-3-4-10/h5-7,10H,3-4,8H2,1-2H3,(H,14,17). The molecule has 0 aromatic heterocycles. The third-order valence-electron chi connectivity index (χ3n) is 3.22. The molecule has 102 valence electrons. The van der Waals surface area contributed by atoms with Crippen LogP contribution >= 0.6 is 0 Å². The van der Waals surface area contributed by atoms with Gasteiger partial charge in [0.2, 0.25) is 0 Å². The van der Waals surface area contributed by atoms with Gasteiger partial charge in [0, 0.05) is 30.9 Å². The first-order valence-corrected chi connectivity index (χ1v) is 6.24. The summed E-state index contributed by atoms with van der Waals surface area (Å²) in [5.74, 6) is 0.634. The van der Waals surface area contributed by atoms with Crippen LogP contribution in [0.15, 0.2) is 18.2 Å². The zero-order valence-electron chi connectivity index (χ0n) is 11.0. The molecule has 1 saturated carbocycles. The van der Waals surface area contributed by atoms with Crippen LogP contribution in [0.3, 0.4) is 0 Å². The Kier molecular flexibility index (Phi) is 3.69. The van der Waals surface area contributed by atoms with Crippen molar-refractivity contribution in [2.45, 2.75) is 19.8 Å². The van der Waals surface area contributed by atoms with E-state index in [1.165, 1.54) is 18.9 Å². The second-order valence-corrected chi connectivity index (χ2v) is 5.01. The molecule has 0 saturated heterocycles. The lowest BCUT2D eigenvalue weighted by Gasteiger charge is -2.17. The average Bonchev–Trinajstić information content (AvgIpc) is 3.12. The number of carbonyl (C=O) groups excluding carboxylic acids is 1. The lowest BCUT2D eigenvalue weighted by Crippen LogP contribution is -2.32. The number of hydrogen-bond acceptors (Lipinski definition) is 3. The van der Waals surface area contributed by atoms with Crippen molar-refractivity contribution in [2.24, 2.45) is 5.92 Å². The van der Waals surface area contributed by atoms with Crippen LogP contribution in [-0.4, -0.2) is 29.4 Å². The van der Waals surface area contributed by atoms with E-state index in [4.69, 9.17) is 0 Å². The van der Waals surface area contributed by atoms with E-state index in [0.29, 0.717) is 17.2 Å². The van der Waals surface area contributed by atoms with E-state index < -0.39 is 4.92 Å². The van der Waals surface area contributed by atoms with Crippen LogP contribution < -0.4 is 5.32 Å². The summed E-state index contributed by atoms with van der Waals surface area (Å²) in [6.07, 6.45) is 2.38. The Morgan fingerprint density at radius 2 is 2.21 bits per heavy atom. The Balaban J connectivity index is 2.00. The highest BCUT2D eigenvalue weighted by molar-refractivity contribution is 5.89. The van der Waals surface area contributed by atoms with Crippen LogP contribution in [0.1, 0.15) is 18.4 Å². The fourth-order valence-electron chi connectivity index (χ4n) is 1.93. The van der Waals surface area contributed by atoms with Gasteiger partial charge >= 0.3 is 6.03 Å². The largest absolute Gasteiger partial charge is 0.327 e. The molecule has 0 aliphatic heterocycles. The maximum atomic E-state index is 11.9. The third-order valence-corrected chi connectivity index (χ3v) is 3.22. The second-order valence-electron chi connectivity index (χ2n) is 5.01. The number of rotatable bonds is 4. The SMILES string of the molecule is Cc1cc(NC(=O)N(C)CC2CC2)ccc1[N+](=O)[O-]. The van der Waals surface area contributed by atoms with E-state index in [0.717, 1.165) is 6.54 Å². The van der Waals surface area contributed by atoms with Crippen molar-refractivity contribution in [1.29, 1.82) is 0 Å². The molecule has 1 aliphatic carbocycles. The predicted molar refractivity (Wildman–Crippen MR) is 72.2 cm³/mol. The van der Waals surface area contributed by atoms with Crippen LogP contribution in [-0.2, 0) is 0 Å². The van der Waals surface area contributed by atoms with E-state index in [1.54, 1.807) is 31.0 Å². The predicted octanol–water partition coefficient (Wildman–Crippen LogP) is 2.78. The number of nitro groups is 1. The number of hydrogen-bond donors (Lipinski definition) is 1. The topological polar surface area (TPSA) is 75.5 Å². The molecular weight excluding hydrogens is 246 g/mol. The van der Waals surface area contributed by atoms with Gasteiger partial charge in [0.05, 0.1) is 4.92 Å². The van der Waals surface area contributed by atoms with E-state index in [-0.39, 0.29) is 11.7 Å². The molecular formula is C13H17N3O3. The Morgan fingerprint density at radius 3 is 2.74 bits per heavy atom. The van der Waals surface area contributed by atoms with Gasteiger partial charge in [-0.15, -0.1) is 0 Å². The molecule has 2 rings (SSSR count). The molecule has 0 atom stereocenters. The van der Waals surface area contributed by atoms with Crippen molar-refractivity contribution < 1.29 is 9.72 Å².